The van der Waals surface area contributed by atoms with E-state index in [9.17, 15) is 18.0 Å². The van der Waals surface area contributed by atoms with Crippen LogP contribution in [0.4, 0.5) is 0 Å². The van der Waals surface area contributed by atoms with Gasteiger partial charge in [0.1, 0.15) is 5.54 Å². The first kappa shape index (κ1) is 15.1. The number of imide groups is 1. The van der Waals surface area contributed by atoms with Crippen molar-refractivity contribution < 1.29 is 18.0 Å². The van der Waals surface area contributed by atoms with Gasteiger partial charge in [0.15, 0.2) is 0 Å². The number of piperazine rings is 1. The van der Waals surface area contributed by atoms with E-state index in [2.05, 4.69) is 5.32 Å². The van der Waals surface area contributed by atoms with E-state index in [0.29, 0.717) is 6.42 Å². The maximum absolute atomic E-state index is 12.2. The van der Waals surface area contributed by atoms with E-state index >= 15 is 0 Å². The highest BCUT2D eigenvalue weighted by molar-refractivity contribution is 7.89. The molecule has 1 N–H and O–H groups in total. The SMILES string of the molecule is CC(C)CCS(=O)(=O)N1CC(=O)NC(=O)C1(C)C. The molecule has 1 aliphatic rings. The molecule has 0 saturated carbocycles. The molecule has 104 valence electrons. The maximum atomic E-state index is 12.2. The second-order valence-corrected chi connectivity index (χ2v) is 7.45. The van der Waals surface area contributed by atoms with Crippen molar-refractivity contribution in [2.24, 2.45) is 5.92 Å². The Morgan fingerprint density at radius 3 is 2.39 bits per heavy atom. The molecule has 0 aromatic heterocycles. The van der Waals surface area contributed by atoms with Crippen molar-refractivity contribution in [3.63, 3.8) is 0 Å². The Labute approximate surface area is 108 Å². The highest BCUT2D eigenvalue weighted by Crippen LogP contribution is 2.23. The molecule has 0 aliphatic carbocycles. The van der Waals surface area contributed by atoms with Crippen molar-refractivity contribution in [2.75, 3.05) is 12.3 Å². The van der Waals surface area contributed by atoms with Gasteiger partial charge in [-0.2, -0.15) is 4.31 Å². The molecule has 0 bridgehead atoms. The van der Waals surface area contributed by atoms with E-state index in [1.165, 1.54) is 13.8 Å². The lowest BCUT2D eigenvalue weighted by molar-refractivity contribution is -0.141. The first-order valence-electron chi connectivity index (χ1n) is 5.92. The van der Waals surface area contributed by atoms with E-state index in [1.54, 1.807) is 0 Å². The number of hydrogen-bond acceptors (Lipinski definition) is 4. The quantitative estimate of drug-likeness (QED) is 0.738. The molecule has 0 radical (unpaired) electrons. The molecule has 1 aliphatic heterocycles. The zero-order valence-corrected chi connectivity index (χ0v) is 12.0. The summed E-state index contributed by atoms with van der Waals surface area (Å²) >= 11 is 0. The summed E-state index contributed by atoms with van der Waals surface area (Å²) in [5, 5.41) is 2.15. The van der Waals surface area contributed by atoms with Crippen molar-refractivity contribution in [3.05, 3.63) is 0 Å². The van der Waals surface area contributed by atoms with E-state index < -0.39 is 27.4 Å². The number of hydrogen-bond donors (Lipinski definition) is 1. The number of rotatable bonds is 4. The van der Waals surface area contributed by atoms with Crippen LogP contribution in [0.2, 0.25) is 0 Å². The zero-order valence-electron chi connectivity index (χ0n) is 11.2. The Bertz CT molecular complexity index is 454. The van der Waals surface area contributed by atoms with Crippen LogP contribution in [0, 0.1) is 5.92 Å². The number of carbonyl (C=O) groups excluding carboxylic acids is 2. The Balaban J connectivity index is 2.98. The third-order valence-corrected chi connectivity index (χ3v) is 5.02. The second kappa shape index (κ2) is 4.97. The Morgan fingerprint density at radius 1 is 1.33 bits per heavy atom. The summed E-state index contributed by atoms with van der Waals surface area (Å²) in [7, 11) is -3.60. The fourth-order valence-electron chi connectivity index (χ4n) is 1.70. The molecule has 1 fully saturated rings. The Kier molecular flexibility index (Phi) is 4.17. The van der Waals surface area contributed by atoms with Crippen LogP contribution in [0.1, 0.15) is 34.1 Å². The summed E-state index contributed by atoms with van der Waals surface area (Å²) in [6.45, 7) is 6.56. The Morgan fingerprint density at radius 2 is 1.89 bits per heavy atom. The van der Waals surface area contributed by atoms with Gasteiger partial charge < -0.3 is 0 Å². The lowest BCUT2D eigenvalue weighted by Crippen LogP contribution is -2.65. The van der Waals surface area contributed by atoms with Gasteiger partial charge in [-0.1, -0.05) is 13.8 Å². The minimum atomic E-state index is -3.60. The van der Waals surface area contributed by atoms with Crippen LogP contribution >= 0.6 is 0 Å². The summed E-state index contributed by atoms with van der Waals surface area (Å²) in [6.07, 6.45) is 0.505. The van der Waals surface area contributed by atoms with Gasteiger partial charge >= 0.3 is 0 Å². The summed E-state index contributed by atoms with van der Waals surface area (Å²) in [5.41, 5.74) is -1.22. The van der Waals surface area contributed by atoms with E-state index in [4.69, 9.17) is 0 Å². The third-order valence-electron chi connectivity index (χ3n) is 3.01. The average Bonchev–Trinajstić information content (AvgIpc) is 2.21. The van der Waals surface area contributed by atoms with Crippen molar-refractivity contribution in [1.82, 2.24) is 9.62 Å². The largest absolute Gasteiger partial charge is 0.294 e. The van der Waals surface area contributed by atoms with E-state index in [1.807, 2.05) is 13.8 Å². The molecule has 18 heavy (non-hydrogen) atoms. The number of nitrogens with one attached hydrogen (secondary N) is 1. The highest BCUT2D eigenvalue weighted by Gasteiger charge is 2.46. The summed E-state index contributed by atoms with van der Waals surface area (Å²) in [6, 6.07) is 0. The molecule has 0 unspecified atom stereocenters. The minimum Gasteiger partial charge on any atom is -0.294 e. The number of amides is 2. The van der Waals surface area contributed by atoms with Crippen LogP contribution in [0.5, 0.6) is 0 Å². The molecule has 0 spiro atoms. The molecule has 0 aromatic carbocycles. The second-order valence-electron chi connectivity index (χ2n) is 5.44. The monoisotopic (exact) mass is 276 g/mol. The topological polar surface area (TPSA) is 83.6 Å². The smallest absolute Gasteiger partial charge is 0.247 e. The van der Waals surface area contributed by atoms with Gasteiger partial charge in [0, 0.05) is 0 Å². The van der Waals surface area contributed by atoms with Crippen LogP contribution in [-0.2, 0) is 19.6 Å². The predicted molar refractivity (Wildman–Crippen MR) is 67.2 cm³/mol. The van der Waals surface area contributed by atoms with Gasteiger partial charge in [0.2, 0.25) is 21.8 Å². The van der Waals surface area contributed by atoms with Crippen LogP contribution in [0.15, 0.2) is 0 Å². The van der Waals surface area contributed by atoms with Gasteiger partial charge in [-0.05, 0) is 26.2 Å². The average molecular weight is 276 g/mol. The van der Waals surface area contributed by atoms with Crippen LogP contribution < -0.4 is 5.32 Å². The fourth-order valence-corrected chi connectivity index (χ4v) is 3.78. The molecule has 0 atom stereocenters. The molecule has 1 rings (SSSR count). The van der Waals surface area contributed by atoms with Crippen LogP contribution in [-0.4, -0.2) is 42.4 Å². The van der Waals surface area contributed by atoms with E-state index in [-0.39, 0.29) is 18.2 Å². The molecule has 1 heterocycles. The molecule has 2 amide bonds. The molecular formula is C11H20N2O4S. The molecule has 6 nitrogen and oxygen atoms in total. The minimum absolute atomic E-state index is 0.0470. The van der Waals surface area contributed by atoms with Gasteiger partial charge in [-0.25, -0.2) is 8.42 Å². The molecule has 0 aromatic rings. The third kappa shape index (κ3) is 3.08. The van der Waals surface area contributed by atoms with Crippen molar-refractivity contribution in [3.8, 4) is 0 Å². The predicted octanol–water partition coefficient (Wildman–Crippen LogP) is 0.0993. The van der Waals surface area contributed by atoms with Crippen LogP contribution in [0.25, 0.3) is 0 Å². The van der Waals surface area contributed by atoms with Gasteiger partial charge in [0.25, 0.3) is 0 Å². The molecule has 7 heteroatoms. The summed E-state index contributed by atoms with van der Waals surface area (Å²) in [4.78, 5) is 23.0. The standard InChI is InChI=1S/C11H20N2O4S/c1-8(2)5-6-18(16,17)13-7-9(14)12-10(15)11(13,3)4/h8H,5-7H2,1-4H3,(H,12,14,15). The molecule has 1 saturated heterocycles. The van der Waals surface area contributed by atoms with Crippen LogP contribution in [0.3, 0.4) is 0 Å². The first-order chi connectivity index (χ1) is 8.07. The lowest BCUT2D eigenvalue weighted by Gasteiger charge is -2.39. The summed E-state index contributed by atoms with van der Waals surface area (Å²) in [5.74, 6) is -0.953. The Hall–Kier alpha value is -0.950. The van der Waals surface area contributed by atoms with Gasteiger partial charge in [-0.3, -0.25) is 14.9 Å². The van der Waals surface area contributed by atoms with Gasteiger partial charge in [0.05, 0.1) is 12.3 Å². The first-order valence-corrected chi connectivity index (χ1v) is 7.53. The number of carbonyl (C=O) groups is 2. The van der Waals surface area contributed by atoms with Crippen molar-refractivity contribution in [2.45, 2.75) is 39.7 Å². The fraction of sp³-hybridized carbons (Fsp3) is 0.818. The number of sulfonamides is 1. The highest BCUT2D eigenvalue weighted by atomic mass is 32.2. The lowest BCUT2D eigenvalue weighted by atomic mass is 10.0. The van der Waals surface area contributed by atoms with Crippen molar-refractivity contribution in [1.29, 1.82) is 0 Å². The normalized spacial score (nSPS) is 21.2. The van der Waals surface area contributed by atoms with Gasteiger partial charge in [-0.15, -0.1) is 0 Å². The number of nitrogens with zero attached hydrogens (tertiary/aromatic N) is 1. The maximum Gasteiger partial charge on any atom is 0.247 e. The zero-order chi connectivity index (χ0) is 14.1. The van der Waals surface area contributed by atoms with Crippen molar-refractivity contribution >= 4 is 21.8 Å². The molecular weight excluding hydrogens is 256 g/mol. The van der Waals surface area contributed by atoms with E-state index in [0.717, 1.165) is 4.31 Å². The summed E-state index contributed by atoms with van der Waals surface area (Å²) < 4.78 is 25.4.